The van der Waals surface area contributed by atoms with Crippen LogP contribution in [0.2, 0.25) is 0 Å². The summed E-state index contributed by atoms with van der Waals surface area (Å²) in [5, 5.41) is 0. The van der Waals surface area contributed by atoms with E-state index in [2.05, 4.69) is 142 Å². The van der Waals surface area contributed by atoms with Crippen molar-refractivity contribution in [2.24, 2.45) is 0 Å². The molecule has 0 N–H and O–H groups in total. The molecule has 0 unspecified atom stereocenters. The molecule has 0 amide bonds. The fourth-order valence-electron chi connectivity index (χ4n) is 5.90. The largest absolute Gasteiger partial charge is 0.299 e. The van der Waals surface area contributed by atoms with E-state index >= 15 is 0 Å². The molecule has 2 heteroatoms. The fraction of sp³-hybridized carbons (Fsp3) is 0.324. The third kappa shape index (κ3) is 3.93. The van der Waals surface area contributed by atoms with Gasteiger partial charge >= 0.3 is 0 Å². The molecule has 36 heavy (non-hydrogen) atoms. The van der Waals surface area contributed by atoms with Gasteiger partial charge in [0.15, 0.2) is 0 Å². The molecular weight excluding hydrogens is 436 g/mol. The Hall–Kier alpha value is -3.39. The maximum atomic E-state index is 2.46. The Morgan fingerprint density at radius 2 is 1.39 bits per heavy atom. The molecule has 3 aromatic carbocycles. The maximum absolute atomic E-state index is 2.46. The van der Waals surface area contributed by atoms with E-state index in [1.54, 1.807) is 0 Å². The second kappa shape index (κ2) is 9.58. The van der Waals surface area contributed by atoms with Crippen molar-refractivity contribution in [1.82, 2.24) is 4.57 Å². The molecule has 2 heterocycles. The summed E-state index contributed by atoms with van der Waals surface area (Å²) in [7, 11) is 0. The molecule has 184 valence electrons. The Labute approximate surface area is 217 Å². The van der Waals surface area contributed by atoms with Crippen molar-refractivity contribution < 1.29 is 4.57 Å². The first-order valence-corrected chi connectivity index (χ1v) is 13.6. The molecule has 0 spiro atoms. The highest BCUT2D eigenvalue weighted by Gasteiger charge is 2.36. The standard InChI is InChI=1S/C34H39N2/c1-7-34(8-2)18-19-35-20-21-36(33(35)28-16-12-13-17-31(28)34)32-29(24(3)4)22-27(23-30(32)25(5)6)26-14-10-9-11-15-26/h9-25H,7-8H2,1-6H3/q+1. The van der Waals surface area contributed by atoms with Crippen LogP contribution in [0.5, 0.6) is 0 Å². The van der Waals surface area contributed by atoms with Crippen molar-refractivity contribution in [3.63, 3.8) is 0 Å². The van der Waals surface area contributed by atoms with Gasteiger partial charge < -0.3 is 0 Å². The van der Waals surface area contributed by atoms with Gasteiger partial charge in [0.2, 0.25) is 0 Å². The number of allylic oxidation sites excluding steroid dienone is 1. The van der Waals surface area contributed by atoms with Crippen LogP contribution in [0, 0.1) is 0 Å². The average molecular weight is 476 g/mol. The fourth-order valence-corrected chi connectivity index (χ4v) is 5.90. The van der Waals surface area contributed by atoms with Gasteiger partial charge in [-0.3, -0.25) is 0 Å². The summed E-state index contributed by atoms with van der Waals surface area (Å²) in [4.78, 5) is 0. The minimum absolute atomic E-state index is 0.0480. The number of benzene rings is 3. The van der Waals surface area contributed by atoms with Crippen molar-refractivity contribution in [1.29, 1.82) is 0 Å². The van der Waals surface area contributed by atoms with Crippen LogP contribution < -0.4 is 4.57 Å². The normalized spacial score (nSPS) is 14.1. The molecule has 1 aliphatic rings. The lowest BCUT2D eigenvalue weighted by molar-refractivity contribution is -0.554. The number of imidazole rings is 1. The Bertz CT molecular complexity index is 1370. The maximum Gasteiger partial charge on any atom is 0.299 e. The molecule has 2 nitrogen and oxygen atoms in total. The van der Waals surface area contributed by atoms with E-state index in [1.165, 1.54) is 44.9 Å². The predicted molar refractivity (Wildman–Crippen MR) is 153 cm³/mol. The second-order valence-corrected chi connectivity index (χ2v) is 10.8. The number of hydrogen-bond donors (Lipinski definition) is 0. The lowest BCUT2D eigenvalue weighted by Crippen LogP contribution is -2.27. The van der Waals surface area contributed by atoms with Crippen molar-refractivity contribution in [3.8, 4) is 28.2 Å². The van der Waals surface area contributed by atoms with Crippen LogP contribution in [-0.4, -0.2) is 4.57 Å². The van der Waals surface area contributed by atoms with Crippen LogP contribution in [0.4, 0.5) is 0 Å². The second-order valence-electron chi connectivity index (χ2n) is 10.8. The summed E-state index contributed by atoms with van der Waals surface area (Å²) >= 11 is 0. The zero-order chi connectivity index (χ0) is 25.4. The summed E-state index contributed by atoms with van der Waals surface area (Å²) in [6.45, 7) is 13.9. The molecule has 1 aliphatic heterocycles. The van der Waals surface area contributed by atoms with Crippen molar-refractivity contribution >= 4 is 6.20 Å². The first kappa shape index (κ1) is 24.3. The molecular formula is C34H39N2+. The van der Waals surface area contributed by atoms with Gasteiger partial charge in [0.1, 0.15) is 18.1 Å². The van der Waals surface area contributed by atoms with Gasteiger partial charge in [-0.15, -0.1) is 0 Å². The Balaban J connectivity index is 1.82. The van der Waals surface area contributed by atoms with Gasteiger partial charge in [-0.1, -0.05) is 90.1 Å². The monoisotopic (exact) mass is 475 g/mol. The number of fused-ring (bicyclic) bond motifs is 3. The van der Waals surface area contributed by atoms with Crippen LogP contribution in [0.3, 0.4) is 0 Å². The summed E-state index contributed by atoms with van der Waals surface area (Å²) in [5.74, 6) is 2.03. The quantitative estimate of drug-likeness (QED) is 0.246. The van der Waals surface area contributed by atoms with Gasteiger partial charge in [0.05, 0.1) is 11.8 Å². The average Bonchev–Trinajstić information content (AvgIpc) is 3.27. The Kier molecular flexibility index (Phi) is 6.47. The van der Waals surface area contributed by atoms with Crippen molar-refractivity contribution in [2.75, 3.05) is 0 Å². The molecule has 0 radical (unpaired) electrons. The van der Waals surface area contributed by atoms with E-state index in [0.29, 0.717) is 11.8 Å². The summed E-state index contributed by atoms with van der Waals surface area (Å²) in [6.07, 6.45) is 11.4. The van der Waals surface area contributed by atoms with E-state index in [4.69, 9.17) is 0 Å². The third-order valence-electron chi connectivity index (χ3n) is 8.13. The van der Waals surface area contributed by atoms with E-state index < -0.39 is 0 Å². The van der Waals surface area contributed by atoms with E-state index in [-0.39, 0.29) is 5.41 Å². The zero-order valence-corrected chi connectivity index (χ0v) is 22.6. The number of hydrogen-bond acceptors (Lipinski definition) is 0. The van der Waals surface area contributed by atoms with Crippen LogP contribution in [-0.2, 0) is 5.41 Å². The lowest BCUT2D eigenvalue weighted by Gasteiger charge is -2.29. The minimum Gasteiger partial charge on any atom is -0.202 e. The van der Waals surface area contributed by atoms with Crippen LogP contribution in [0.25, 0.3) is 34.4 Å². The highest BCUT2D eigenvalue weighted by Crippen LogP contribution is 2.43. The van der Waals surface area contributed by atoms with Gasteiger partial charge in [-0.05, 0) is 65.6 Å². The molecule has 5 rings (SSSR count). The molecule has 0 aliphatic carbocycles. The highest BCUT2D eigenvalue weighted by molar-refractivity contribution is 5.72. The first-order valence-electron chi connectivity index (χ1n) is 13.6. The van der Waals surface area contributed by atoms with Crippen molar-refractivity contribution in [2.45, 2.75) is 71.6 Å². The van der Waals surface area contributed by atoms with Crippen LogP contribution in [0.15, 0.2) is 85.2 Å². The van der Waals surface area contributed by atoms with Crippen LogP contribution >= 0.6 is 0 Å². The molecule has 1 aromatic heterocycles. The Morgan fingerprint density at radius 1 is 0.778 bits per heavy atom. The zero-order valence-electron chi connectivity index (χ0n) is 22.6. The number of aromatic nitrogens is 2. The van der Waals surface area contributed by atoms with E-state index in [0.717, 1.165) is 12.8 Å². The summed E-state index contributed by atoms with van der Waals surface area (Å²) in [5.41, 5.74) is 9.49. The highest BCUT2D eigenvalue weighted by atomic mass is 15.2. The van der Waals surface area contributed by atoms with Crippen molar-refractivity contribution in [3.05, 3.63) is 102 Å². The van der Waals surface area contributed by atoms with Gasteiger partial charge in [-0.2, -0.15) is 4.57 Å². The topological polar surface area (TPSA) is 8.81 Å². The first-order chi connectivity index (χ1) is 17.4. The molecule has 0 fully saturated rings. The number of rotatable bonds is 6. The molecule has 0 saturated carbocycles. The van der Waals surface area contributed by atoms with E-state index in [9.17, 15) is 0 Å². The minimum atomic E-state index is 0.0480. The van der Waals surface area contributed by atoms with Crippen LogP contribution in [0.1, 0.15) is 82.9 Å². The number of nitrogens with zero attached hydrogens (tertiary/aromatic N) is 2. The molecule has 0 bridgehead atoms. The van der Waals surface area contributed by atoms with E-state index in [1.807, 2.05) is 0 Å². The third-order valence-corrected chi connectivity index (χ3v) is 8.13. The molecule has 0 atom stereocenters. The summed E-state index contributed by atoms with van der Waals surface area (Å²) in [6, 6.07) is 24.7. The predicted octanol–water partition coefficient (Wildman–Crippen LogP) is 8.89. The smallest absolute Gasteiger partial charge is 0.202 e. The van der Waals surface area contributed by atoms with Gasteiger partial charge in [0.25, 0.3) is 5.82 Å². The summed E-state index contributed by atoms with van der Waals surface area (Å²) < 4.78 is 4.79. The SMILES string of the molecule is CCC1(CC)C=C[n+]2ccn(-c3c(C(C)C)cc(-c4ccccc4)cc3C(C)C)c2-c2ccccc21. The molecule has 4 aromatic rings. The lowest BCUT2D eigenvalue weighted by atomic mass is 9.74. The van der Waals surface area contributed by atoms with Gasteiger partial charge in [-0.25, -0.2) is 4.57 Å². The molecule has 0 saturated heterocycles. The Morgan fingerprint density at radius 3 is 2.00 bits per heavy atom. The van der Waals surface area contributed by atoms with Gasteiger partial charge in [0, 0.05) is 16.5 Å².